The Morgan fingerprint density at radius 3 is 1.54 bits per heavy atom. The highest BCUT2D eigenvalue weighted by Crippen LogP contribution is 2.49. The number of thiophene rings is 2. The fourth-order valence-electron chi connectivity index (χ4n) is 7.39. The number of aryl methyl sites for hydroxylation is 5. The van der Waals surface area contributed by atoms with Gasteiger partial charge < -0.3 is 20.1 Å². The van der Waals surface area contributed by atoms with Gasteiger partial charge in [-0.15, -0.1) is 32.9 Å². The molecule has 2 aromatic carbocycles. The molecule has 0 spiro atoms. The van der Waals surface area contributed by atoms with Gasteiger partial charge in [0.15, 0.2) is 0 Å². The molecule has 54 heavy (non-hydrogen) atoms. The standard InChI is InChI=1S/C22H23N3O2S.C20H21N3O2S/c1-11-12(2)24-25-22-18(11)19(14-4-5-14)20(28-22)21(26)23-17-10-16(17)13-6-8-15(27-3)9-7-13;1-10-12(3)22-23-20-17(10)11(2)18(26-20)19(24)21-16-9-15(16)13-5-7-14(25-4)8-6-13/h6-9,14,16-17H,4-5,10H2,1-3H3,(H,23,26);5-8,15-16H,9H2,1-4H3,(H,21,24). The van der Waals surface area contributed by atoms with Crippen molar-refractivity contribution in [3.63, 3.8) is 0 Å². The summed E-state index contributed by atoms with van der Waals surface area (Å²) in [5.74, 6) is 3.00. The van der Waals surface area contributed by atoms with E-state index in [0.29, 0.717) is 17.8 Å². The third-order valence-corrected chi connectivity index (χ3v) is 13.4. The normalized spacial score (nSPS) is 19.9. The first kappa shape index (κ1) is 36.1. The van der Waals surface area contributed by atoms with E-state index in [9.17, 15) is 9.59 Å². The Morgan fingerprint density at radius 1 is 0.611 bits per heavy atom. The molecule has 3 fully saturated rings. The second-order valence-corrected chi connectivity index (χ2v) is 16.7. The maximum Gasteiger partial charge on any atom is 0.261 e. The van der Waals surface area contributed by atoms with E-state index in [-0.39, 0.29) is 23.9 Å². The smallest absolute Gasteiger partial charge is 0.261 e. The van der Waals surface area contributed by atoms with Gasteiger partial charge in [-0.3, -0.25) is 9.59 Å². The Hall–Kier alpha value is -4.94. The largest absolute Gasteiger partial charge is 0.497 e. The summed E-state index contributed by atoms with van der Waals surface area (Å²) < 4.78 is 10.4. The fourth-order valence-corrected chi connectivity index (χ4v) is 9.65. The van der Waals surface area contributed by atoms with Crippen molar-refractivity contribution in [1.82, 2.24) is 31.0 Å². The summed E-state index contributed by atoms with van der Waals surface area (Å²) in [6.07, 6.45) is 4.27. The number of amides is 2. The van der Waals surface area contributed by atoms with Crippen LogP contribution in [0.3, 0.4) is 0 Å². The van der Waals surface area contributed by atoms with Crippen molar-refractivity contribution in [2.75, 3.05) is 14.2 Å². The van der Waals surface area contributed by atoms with Crippen LogP contribution in [0.15, 0.2) is 48.5 Å². The Labute approximate surface area is 322 Å². The maximum absolute atomic E-state index is 13.1. The number of hydrogen-bond acceptors (Lipinski definition) is 10. The van der Waals surface area contributed by atoms with Crippen LogP contribution in [0.1, 0.15) is 108 Å². The van der Waals surface area contributed by atoms with Crippen LogP contribution in [-0.2, 0) is 0 Å². The number of carbonyl (C=O) groups is 2. The highest BCUT2D eigenvalue weighted by molar-refractivity contribution is 7.21. The van der Waals surface area contributed by atoms with Gasteiger partial charge in [-0.2, -0.15) is 10.2 Å². The first-order chi connectivity index (χ1) is 26.1. The van der Waals surface area contributed by atoms with Crippen LogP contribution in [0.5, 0.6) is 11.5 Å². The molecule has 10 nitrogen and oxygen atoms in total. The summed E-state index contributed by atoms with van der Waals surface area (Å²) in [5, 5.41) is 25.7. The molecule has 2 N–H and O–H groups in total. The third-order valence-electron chi connectivity index (χ3n) is 11.2. The highest BCUT2D eigenvalue weighted by atomic mass is 32.1. The average Bonchev–Trinajstić information content (AvgIpc) is 4.14. The summed E-state index contributed by atoms with van der Waals surface area (Å²) in [4.78, 5) is 29.2. The summed E-state index contributed by atoms with van der Waals surface area (Å²) in [6, 6.07) is 16.6. The Kier molecular flexibility index (Phi) is 9.60. The molecule has 4 heterocycles. The van der Waals surface area contributed by atoms with Crippen LogP contribution >= 0.6 is 22.7 Å². The Morgan fingerprint density at radius 2 is 1.06 bits per heavy atom. The number of hydrogen-bond donors (Lipinski definition) is 2. The van der Waals surface area contributed by atoms with E-state index in [1.54, 1.807) is 14.2 Å². The van der Waals surface area contributed by atoms with Gasteiger partial charge in [0, 0.05) is 34.7 Å². The van der Waals surface area contributed by atoms with E-state index in [2.05, 4.69) is 62.2 Å². The molecule has 4 aromatic heterocycles. The SMILES string of the molecule is COc1ccc(C2CC2NC(=O)c2sc3nnc(C)c(C)c3c2C)cc1.COc1ccc(C2CC2NC(=O)c2sc3nnc(C)c(C)c3c2C2CC2)cc1. The van der Waals surface area contributed by atoms with Crippen molar-refractivity contribution in [1.29, 1.82) is 0 Å². The summed E-state index contributed by atoms with van der Waals surface area (Å²) in [7, 11) is 3.33. The summed E-state index contributed by atoms with van der Waals surface area (Å²) in [5.41, 5.74) is 8.81. The minimum Gasteiger partial charge on any atom is -0.497 e. The van der Waals surface area contributed by atoms with Gasteiger partial charge in [0.05, 0.1) is 35.4 Å². The van der Waals surface area contributed by atoms with Crippen LogP contribution in [0.4, 0.5) is 0 Å². The first-order valence-electron chi connectivity index (χ1n) is 18.4. The fraction of sp³-hybridized carbons (Fsp3) is 0.381. The lowest BCUT2D eigenvalue weighted by Gasteiger charge is -2.07. The van der Waals surface area contributed by atoms with E-state index in [0.717, 1.165) is 95.4 Å². The molecule has 12 heteroatoms. The summed E-state index contributed by atoms with van der Waals surface area (Å²) in [6.45, 7) is 10.1. The topological polar surface area (TPSA) is 128 Å². The molecule has 3 aliphatic carbocycles. The number of rotatable bonds is 9. The zero-order chi connectivity index (χ0) is 37.8. The zero-order valence-electron chi connectivity index (χ0n) is 31.6. The van der Waals surface area contributed by atoms with Gasteiger partial charge in [0.1, 0.15) is 21.2 Å². The minimum atomic E-state index is -0.0106. The van der Waals surface area contributed by atoms with Crippen molar-refractivity contribution in [2.24, 2.45) is 0 Å². The number of methoxy groups -OCH3 is 2. The zero-order valence-corrected chi connectivity index (χ0v) is 33.2. The van der Waals surface area contributed by atoms with Crippen LogP contribution < -0.4 is 20.1 Å². The van der Waals surface area contributed by atoms with Crippen molar-refractivity contribution in [3.05, 3.63) is 103 Å². The van der Waals surface area contributed by atoms with Crippen LogP contribution in [0.2, 0.25) is 0 Å². The van der Waals surface area contributed by atoms with Crippen molar-refractivity contribution >= 4 is 54.9 Å². The molecular weight excluding hydrogens is 717 g/mol. The monoisotopic (exact) mass is 760 g/mol. The van der Waals surface area contributed by atoms with Crippen molar-refractivity contribution in [3.8, 4) is 11.5 Å². The van der Waals surface area contributed by atoms with Crippen LogP contribution in [-0.4, -0.2) is 58.5 Å². The molecule has 0 bridgehead atoms. The molecule has 2 amide bonds. The predicted molar refractivity (Wildman–Crippen MR) is 214 cm³/mol. The molecule has 6 aromatic rings. The Bertz CT molecular complexity index is 2400. The van der Waals surface area contributed by atoms with E-state index in [1.807, 2.05) is 52.0 Å². The molecule has 0 saturated heterocycles. The van der Waals surface area contributed by atoms with Gasteiger partial charge in [-0.25, -0.2) is 0 Å². The number of nitrogens with one attached hydrogen (secondary N) is 2. The number of nitrogens with zero attached hydrogens (tertiary/aromatic N) is 4. The molecule has 278 valence electrons. The quantitative estimate of drug-likeness (QED) is 0.151. The lowest BCUT2D eigenvalue weighted by atomic mass is 10.0. The average molecular weight is 761 g/mol. The van der Waals surface area contributed by atoms with Gasteiger partial charge in [0.25, 0.3) is 11.8 Å². The minimum absolute atomic E-state index is 0.0106. The van der Waals surface area contributed by atoms with E-state index >= 15 is 0 Å². The molecule has 3 aliphatic rings. The molecule has 0 radical (unpaired) electrons. The van der Waals surface area contributed by atoms with Gasteiger partial charge in [-0.05, 0) is 124 Å². The lowest BCUT2D eigenvalue weighted by molar-refractivity contribution is 0.0945. The third kappa shape index (κ3) is 6.93. The van der Waals surface area contributed by atoms with Crippen molar-refractivity contribution in [2.45, 2.75) is 90.1 Å². The molecule has 4 atom stereocenters. The second kappa shape index (κ2) is 14.4. The molecule has 9 rings (SSSR count). The Balaban J connectivity index is 0.000000154. The molecule has 0 aliphatic heterocycles. The number of fused-ring (bicyclic) bond motifs is 2. The van der Waals surface area contributed by atoms with Crippen LogP contribution in [0.25, 0.3) is 20.4 Å². The van der Waals surface area contributed by atoms with E-state index in [4.69, 9.17) is 9.47 Å². The van der Waals surface area contributed by atoms with E-state index < -0.39 is 0 Å². The highest BCUT2D eigenvalue weighted by Gasteiger charge is 2.42. The maximum atomic E-state index is 13.1. The number of benzene rings is 2. The van der Waals surface area contributed by atoms with Gasteiger partial charge in [0.2, 0.25) is 0 Å². The van der Waals surface area contributed by atoms with Gasteiger partial charge in [-0.1, -0.05) is 24.3 Å². The lowest BCUT2D eigenvalue weighted by Crippen LogP contribution is -2.26. The first-order valence-corrected chi connectivity index (χ1v) is 20.1. The predicted octanol–water partition coefficient (Wildman–Crippen LogP) is 8.39. The molecular formula is C42H44N6O4S2. The number of carbonyl (C=O) groups excluding carboxylic acids is 2. The number of aromatic nitrogens is 4. The van der Waals surface area contributed by atoms with E-state index in [1.165, 1.54) is 39.4 Å². The molecule has 4 unspecified atom stereocenters. The summed E-state index contributed by atoms with van der Waals surface area (Å²) >= 11 is 2.92. The van der Waals surface area contributed by atoms with Gasteiger partial charge >= 0.3 is 0 Å². The van der Waals surface area contributed by atoms with Crippen LogP contribution in [0, 0.1) is 34.6 Å². The second-order valence-electron chi connectivity index (χ2n) is 14.7. The van der Waals surface area contributed by atoms with Crippen molar-refractivity contribution < 1.29 is 19.1 Å². The molecule has 3 saturated carbocycles. The number of ether oxygens (including phenoxy) is 2.